The Labute approximate surface area is 729 Å². The van der Waals surface area contributed by atoms with Crippen LogP contribution in [0.25, 0.3) is 0 Å². The number of ether oxygens (including phenoxy) is 7. The van der Waals surface area contributed by atoms with Gasteiger partial charge in [-0.3, -0.25) is 33.3 Å². The first kappa shape index (κ1) is 113. The van der Waals surface area contributed by atoms with Crippen LogP contribution in [0.2, 0.25) is 0 Å². The maximum absolute atomic E-state index is 15.0. The molecule has 2 fully saturated rings. The number of carbonyl (C=O) groups excluding carboxylic acids is 6. The Morgan fingerprint density at radius 1 is 0.333 bits per heavy atom. The van der Waals surface area contributed by atoms with Crippen molar-refractivity contribution < 1.29 is 101 Å². The summed E-state index contributed by atoms with van der Waals surface area (Å²) in [4.78, 5) is 106. The molecular formula is C96H181N2O21P. The van der Waals surface area contributed by atoms with Crippen molar-refractivity contribution in [3.05, 3.63) is 0 Å². The van der Waals surface area contributed by atoms with E-state index in [1.165, 1.54) is 173 Å². The second kappa shape index (κ2) is 76.8. The topological polar surface area (TPSA) is 339 Å². The van der Waals surface area contributed by atoms with E-state index in [1.807, 2.05) is 0 Å². The minimum Gasteiger partial charge on any atom is -0.462 e. The Morgan fingerprint density at radius 3 is 0.900 bits per heavy atom. The summed E-state index contributed by atoms with van der Waals surface area (Å²) in [6, 6.07) is -3.37. The molecule has 0 saturated carbocycles. The number of phosphoric acid groups is 1. The summed E-state index contributed by atoms with van der Waals surface area (Å²) >= 11 is 0. The van der Waals surface area contributed by atoms with Crippen molar-refractivity contribution in [1.29, 1.82) is 0 Å². The zero-order chi connectivity index (χ0) is 87.7. The first-order chi connectivity index (χ1) is 58.2. The Balaban J connectivity index is 2.58. The highest BCUT2D eigenvalue weighted by molar-refractivity contribution is 7.46. The Kier molecular flexibility index (Phi) is 72.2. The van der Waals surface area contributed by atoms with Gasteiger partial charge in [-0.25, -0.2) is 4.57 Å². The fourth-order valence-electron chi connectivity index (χ4n) is 16.7. The highest BCUT2D eigenvalue weighted by Gasteiger charge is 2.53. The van der Waals surface area contributed by atoms with Crippen LogP contribution in [-0.2, 0) is 71.0 Å². The van der Waals surface area contributed by atoms with Crippen molar-refractivity contribution in [2.45, 2.75) is 564 Å². The van der Waals surface area contributed by atoms with E-state index < -0.39 is 149 Å². The van der Waals surface area contributed by atoms with Crippen LogP contribution < -0.4 is 10.6 Å². The normalized spacial score (nSPS) is 20.2. The zero-order valence-corrected chi connectivity index (χ0v) is 77.9. The summed E-state index contributed by atoms with van der Waals surface area (Å²) in [5.74, 6) is -3.84. The van der Waals surface area contributed by atoms with Crippen LogP contribution in [0.4, 0.5) is 0 Å². The van der Waals surface area contributed by atoms with Crippen LogP contribution >= 0.6 is 7.82 Å². The summed E-state index contributed by atoms with van der Waals surface area (Å²) in [7, 11) is -5.58. The molecule has 2 saturated heterocycles. The van der Waals surface area contributed by atoms with Gasteiger partial charge in [0.25, 0.3) is 0 Å². The third-order valence-corrected chi connectivity index (χ3v) is 24.6. The van der Waals surface area contributed by atoms with Crippen molar-refractivity contribution in [1.82, 2.24) is 10.6 Å². The third kappa shape index (κ3) is 60.3. The number of aliphatic hydroxyl groups is 4. The molecule has 2 aliphatic heterocycles. The molecule has 24 heteroatoms. The predicted octanol–water partition coefficient (Wildman–Crippen LogP) is 22.3. The van der Waals surface area contributed by atoms with Gasteiger partial charge in [-0.1, -0.05) is 388 Å². The van der Waals surface area contributed by atoms with E-state index in [4.69, 9.17) is 37.7 Å². The number of hydrogen-bond acceptors (Lipinski definition) is 19. The maximum Gasteiger partial charge on any atom is 0.470 e. The number of phosphoric ester groups is 1. The number of hydrogen-bond donors (Lipinski definition) is 8. The number of esters is 4. The monoisotopic (exact) mass is 1730 g/mol. The van der Waals surface area contributed by atoms with E-state index in [1.54, 1.807) is 0 Å². The van der Waals surface area contributed by atoms with Gasteiger partial charge in [0.15, 0.2) is 18.7 Å². The lowest BCUT2D eigenvalue weighted by molar-refractivity contribution is -0.297. The Bertz CT molecular complexity index is 2510. The van der Waals surface area contributed by atoms with Crippen LogP contribution in [-0.4, -0.2) is 159 Å². The van der Waals surface area contributed by atoms with Gasteiger partial charge in [0.05, 0.1) is 32.5 Å². The largest absolute Gasteiger partial charge is 0.470 e. The molecule has 2 heterocycles. The molecule has 2 aliphatic rings. The molecule has 0 aromatic heterocycles. The molecule has 0 aromatic rings. The van der Waals surface area contributed by atoms with Crippen LogP contribution in [0.15, 0.2) is 0 Å². The summed E-state index contributed by atoms with van der Waals surface area (Å²) in [6.45, 7) is 11.4. The third-order valence-electron chi connectivity index (χ3n) is 24.1. The molecular weight excluding hydrogens is 1550 g/mol. The molecule has 13 atom stereocenters. The van der Waals surface area contributed by atoms with Gasteiger partial charge in [0.1, 0.15) is 60.9 Å². The minimum absolute atomic E-state index is 0.124. The van der Waals surface area contributed by atoms with Crippen molar-refractivity contribution in [3.63, 3.8) is 0 Å². The van der Waals surface area contributed by atoms with Gasteiger partial charge in [0.2, 0.25) is 11.8 Å². The SMILES string of the molecule is CCCCCCCCCCCCCC(=O)O[C@H](CCCCCCCCCCC)CC(=O)NC1C(O)OC(COC2OC(CO)C(OP(=O)(O)O)C(OC(=O)C[C@@H](CCCCCCCCCCC)OC(=O)CCCCCCCCCCCCC)C2NC(=O)C[C@@H](CCCCCCCCCCC)OC(=O)CCCCCCCCCCCCC)C(O)C1O. The van der Waals surface area contributed by atoms with Gasteiger partial charge < -0.3 is 74.0 Å². The van der Waals surface area contributed by atoms with Gasteiger partial charge in [0, 0.05) is 19.3 Å². The van der Waals surface area contributed by atoms with Gasteiger partial charge in [-0.2, -0.15) is 0 Å². The lowest BCUT2D eigenvalue weighted by Gasteiger charge is -2.46. The molecule has 0 bridgehead atoms. The zero-order valence-electron chi connectivity index (χ0n) is 77.0. The summed E-state index contributed by atoms with van der Waals surface area (Å²) in [5.41, 5.74) is 0. The van der Waals surface area contributed by atoms with E-state index in [0.717, 1.165) is 173 Å². The number of carbonyl (C=O) groups is 6. The lowest BCUT2D eigenvalue weighted by atomic mass is 9.95. The van der Waals surface area contributed by atoms with Crippen molar-refractivity contribution in [2.24, 2.45) is 0 Å². The summed E-state index contributed by atoms with van der Waals surface area (Å²) < 4.78 is 61.5. The highest BCUT2D eigenvalue weighted by Crippen LogP contribution is 2.43. The number of unbranched alkanes of at least 4 members (excludes halogenated alkanes) is 54. The molecule has 0 radical (unpaired) electrons. The fourth-order valence-corrected chi connectivity index (χ4v) is 17.3. The molecule has 8 N–H and O–H groups in total. The van der Waals surface area contributed by atoms with Gasteiger partial charge in [-0.15, -0.1) is 0 Å². The average Bonchev–Trinajstić information content (AvgIpc) is 0.750. The number of aliphatic hydroxyl groups excluding tert-OH is 4. The van der Waals surface area contributed by atoms with Crippen molar-refractivity contribution in [3.8, 4) is 0 Å². The average molecular weight is 1730 g/mol. The number of nitrogens with one attached hydrogen (secondary N) is 2. The second-order valence-corrected chi connectivity index (χ2v) is 36.7. The van der Waals surface area contributed by atoms with Crippen LogP contribution in [0.5, 0.6) is 0 Å². The van der Waals surface area contributed by atoms with E-state index >= 15 is 4.79 Å². The molecule has 120 heavy (non-hydrogen) atoms. The van der Waals surface area contributed by atoms with Gasteiger partial charge >= 0.3 is 31.7 Å². The molecule has 0 spiro atoms. The lowest BCUT2D eigenvalue weighted by Crippen LogP contribution is -2.67. The van der Waals surface area contributed by atoms with E-state index in [-0.39, 0.29) is 32.1 Å². The van der Waals surface area contributed by atoms with Crippen molar-refractivity contribution >= 4 is 43.5 Å². The van der Waals surface area contributed by atoms with Crippen molar-refractivity contribution in [2.75, 3.05) is 13.2 Å². The maximum atomic E-state index is 15.0. The Hall–Kier alpha value is -3.35. The Morgan fingerprint density at radius 2 is 0.608 bits per heavy atom. The summed E-state index contributed by atoms with van der Waals surface area (Å²) in [6.07, 6.45) is 46.7. The molecule has 2 amide bonds. The van der Waals surface area contributed by atoms with Gasteiger partial charge in [-0.05, 0) is 57.8 Å². The minimum atomic E-state index is -5.58. The molecule has 23 nitrogen and oxygen atoms in total. The van der Waals surface area contributed by atoms with E-state index in [2.05, 4.69) is 52.2 Å². The number of amides is 2. The molecule has 0 aromatic carbocycles. The standard InChI is InChI=1S/C96H181N2O21P/c1-7-13-19-25-31-37-40-46-52-58-64-70-85(102)113-78(67-61-55-49-43-34-28-22-16-10-4)73-83(100)97-89-92(107)91(106)82(116-95(89)108)77-112-96-90(98-84(101)74-79(68-62-56-50-44-35-29-23-17-11-5)114-86(103)71-65-59-53-47-41-38-32-26-20-14-8-2)94(93(81(76-99)117-96)119-120(109,110)111)118-88(105)75-80(69-63-57-51-45-36-30-24-18-12-6)115-87(104)72-66-60-54-48-42-39-33-27-21-15-9-3/h78-82,89-96,99,106-108H,7-77H2,1-6H3,(H,97,100)(H,98,101)(H2,109,110,111)/t78-,79-,80-,81?,82?,89?,90?,91?,92?,93?,94?,95?,96?/m1/s1. The van der Waals surface area contributed by atoms with Crippen LogP contribution in [0.3, 0.4) is 0 Å². The predicted molar refractivity (Wildman–Crippen MR) is 478 cm³/mol. The quantitative estimate of drug-likeness (QED) is 0.0121. The highest BCUT2D eigenvalue weighted by atomic mass is 31.2. The molecule has 706 valence electrons. The fraction of sp³-hybridized carbons (Fsp3) is 0.938. The first-order valence-electron chi connectivity index (χ1n) is 49.9. The smallest absolute Gasteiger partial charge is 0.462 e. The molecule has 0 aliphatic carbocycles. The number of rotatable bonds is 84. The first-order valence-corrected chi connectivity index (χ1v) is 51.4. The van der Waals surface area contributed by atoms with Crippen LogP contribution in [0, 0.1) is 0 Å². The molecule has 10 unspecified atom stereocenters. The van der Waals surface area contributed by atoms with E-state index in [9.17, 15) is 58.8 Å². The van der Waals surface area contributed by atoms with E-state index in [0.29, 0.717) is 51.4 Å². The summed E-state index contributed by atoms with van der Waals surface area (Å²) in [5, 5.41) is 51.8. The molecule has 2 rings (SSSR count). The second-order valence-electron chi connectivity index (χ2n) is 35.5. The van der Waals surface area contributed by atoms with Crippen LogP contribution in [0.1, 0.15) is 485 Å².